The van der Waals surface area contributed by atoms with Crippen molar-refractivity contribution in [2.45, 2.75) is 26.4 Å². The summed E-state index contributed by atoms with van der Waals surface area (Å²) in [4.78, 5) is 12.8. The van der Waals surface area contributed by atoms with Gasteiger partial charge < -0.3 is 9.47 Å². The quantitative estimate of drug-likeness (QED) is 0.444. The first-order valence-corrected chi connectivity index (χ1v) is 8.07. The van der Waals surface area contributed by atoms with Gasteiger partial charge in [0.15, 0.2) is 0 Å². The van der Waals surface area contributed by atoms with Crippen molar-refractivity contribution in [2.75, 3.05) is 7.11 Å². The SMILES string of the molecule is COc1ccc2c(c1)c(=S)c1ccccc1n2C(=O)OC(C)(C)C. The Labute approximate surface area is 145 Å². The lowest BCUT2D eigenvalue weighted by Crippen LogP contribution is -2.27. The summed E-state index contributed by atoms with van der Waals surface area (Å²) in [6.07, 6.45) is -0.427. The van der Waals surface area contributed by atoms with Gasteiger partial charge in [0.25, 0.3) is 0 Å². The zero-order valence-corrected chi connectivity index (χ0v) is 14.9. The van der Waals surface area contributed by atoms with Gasteiger partial charge in [0, 0.05) is 10.8 Å². The van der Waals surface area contributed by atoms with Crippen molar-refractivity contribution in [1.29, 1.82) is 0 Å². The number of methoxy groups -OCH3 is 1. The molecule has 0 unspecified atom stereocenters. The Balaban J connectivity index is 2.42. The number of nitrogens with zero attached hydrogens (tertiary/aromatic N) is 1. The minimum atomic E-state index is -0.587. The van der Waals surface area contributed by atoms with Crippen molar-refractivity contribution < 1.29 is 14.3 Å². The highest BCUT2D eigenvalue weighted by Crippen LogP contribution is 2.29. The molecule has 0 amide bonds. The molecule has 3 rings (SSSR count). The highest BCUT2D eigenvalue weighted by Gasteiger charge is 2.21. The largest absolute Gasteiger partial charge is 0.497 e. The van der Waals surface area contributed by atoms with Crippen LogP contribution >= 0.6 is 12.2 Å². The topological polar surface area (TPSA) is 40.5 Å². The van der Waals surface area contributed by atoms with Crippen molar-refractivity contribution in [2.24, 2.45) is 0 Å². The van der Waals surface area contributed by atoms with Crippen LogP contribution in [0.3, 0.4) is 0 Å². The predicted molar refractivity (Wildman–Crippen MR) is 98.5 cm³/mol. The number of para-hydroxylation sites is 1. The van der Waals surface area contributed by atoms with E-state index in [-0.39, 0.29) is 0 Å². The highest BCUT2D eigenvalue weighted by molar-refractivity contribution is 7.72. The molecule has 5 heteroatoms. The second-order valence-electron chi connectivity index (χ2n) is 6.55. The molecule has 0 atom stereocenters. The first-order valence-electron chi connectivity index (χ1n) is 7.67. The molecule has 0 fully saturated rings. The molecule has 3 aromatic rings. The van der Waals surface area contributed by atoms with Gasteiger partial charge in [0.2, 0.25) is 0 Å². The van der Waals surface area contributed by atoms with E-state index in [0.717, 1.165) is 16.3 Å². The van der Waals surface area contributed by atoms with Crippen LogP contribution in [0.5, 0.6) is 5.75 Å². The third-order valence-corrected chi connectivity index (χ3v) is 4.09. The van der Waals surface area contributed by atoms with Crippen molar-refractivity contribution in [3.05, 3.63) is 47.0 Å². The second kappa shape index (κ2) is 5.91. The molecular weight excluding hydrogens is 322 g/mol. The van der Waals surface area contributed by atoms with Gasteiger partial charge in [-0.25, -0.2) is 9.36 Å². The number of benzene rings is 2. The molecule has 0 radical (unpaired) electrons. The first kappa shape index (κ1) is 16.5. The summed E-state index contributed by atoms with van der Waals surface area (Å²) in [6.45, 7) is 5.54. The minimum Gasteiger partial charge on any atom is -0.497 e. The van der Waals surface area contributed by atoms with Crippen LogP contribution in [0.1, 0.15) is 20.8 Å². The van der Waals surface area contributed by atoms with Crippen molar-refractivity contribution in [3.63, 3.8) is 0 Å². The number of aromatic nitrogens is 1. The zero-order valence-electron chi connectivity index (χ0n) is 14.1. The number of fused-ring (bicyclic) bond motifs is 2. The number of carbonyl (C=O) groups is 1. The summed E-state index contributed by atoms with van der Waals surface area (Å²) >= 11 is 5.64. The van der Waals surface area contributed by atoms with E-state index in [1.54, 1.807) is 11.7 Å². The van der Waals surface area contributed by atoms with E-state index in [4.69, 9.17) is 21.7 Å². The molecule has 0 saturated carbocycles. The van der Waals surface area contributed by atoms with Crippen molar-refractivity contribution in [1.82, 2.24) is 4.57 Å². The molecule has 0 aliphatic heterocycles. The van der Waals surface area contributed by atoms with Gasteiger partial charge in [-0.3, -0.25) is 0 Å². The smallest absolute Gasteiger partial charge is 0.419 e. The summed E-state index contributed by atoms with van der Waals surface area (Å²) in [5.74, 6) is 0.694. The highest BCUT2D eigenvalue weighted by atomic mass is 32.1. The van der Waals surface area contributed by atoms with Crippen LogP contribution in [0.4, 0.5) is 4.79 Å². The van der Waals surface area contributed by atoms with Crippen LogP contribution in [-0.4, -0.2) is 23.4 Å². The number of ether oxygens (including phenoxy) is 2. The Hall–Kier alpha value is -2.40. The monoisotopic (exact) mass is 341 g/mol. The van der Waals surface area contributed by atoms with Gasteiger partial charge in [0.1, 0.15) is 11.4 Å². The van der Waals surface area contributed by atoms with Gasteiger partial charge in [-0.05, 0) is 45.0 Å². The molecule has 24 heavy (non-hydrogen) atoms. The van der Waals surface area contributed by atoms with Crippen molar-refractivity contribution in [3.8, 4) is 5.75 Å². The predicted octanol–water partition coefficient (Wildman–Crippen LogP) is 5.32. The average molecular weight is 341 g/mol. The maximum atomic E-state index is 12.8. The lowest BCUT2D eigenvalue weighted by Gasteiger charge is -2.22. The minimum absolute atomic E-state index is 0.427. The lowest BCUT2D eigenvalue weighted by molar-refractivity contribution is 0.0551. The fraction of sp³-hybridized carbons (Fsp3) is 0.263. The summed E-state index contributed by atoms with van der Waals surface area (Å²) in [5, 5.41) is 1.62. The second-order valence-corrected chi connectivity index (χ2v) is 6.95. The number of pyridine rings is 1. The van der Waals surface area contributed by atoms with Gasteiger partial charge >= 0.3 is 6.09 Å². The summed E-state index contributed by atoms with van der Waals surface area (Å²) in [7, 11) is 1.60. The van der Waals surface area contributed by atoms with Crippen LogP contribution < -0.4 is 4.74 Å². The molecule has 0 aliphatic carbocycles. The van der Waals surface area contributed by atoms with Gasteiger partial charge in [-0.2, -0.15) is 0 Å². The third-order valence-electron chi connectivity index (χ3n) is 3.65. The number of hydrogen-bond donors (Lipinski definition) is 0. The Morgan fingerprint density at radius 1 is 1.04 bits per heavy atom. The van der Waals surface area contributed by atoms with Gasteiger partial charge in [0.05, 0.1) is 22.7 Å². The molecule has 0 aliphatic rings. The molecule has 0 N–H and O–H groups in total. The number of hydrogen-bond acceptors (Lipinski definition) is 4. The molecule has 0 bridgehead atoms. The van der Waals surface area contributed by atoms with E-state index in [1.807, 2.05) is 63.2 Å². The van der Waals surface area contributed by atoms with Crippen LogP contribution in [0.25, 0.3) is 21.8 Å². The molecule has 4 nitrogen and oxygen atoms in total. The van der Waals surface area contributed by atoms with E-state index >= 15 is 0 Å². The van der Waals surface area contributed by atoms with E-state index in [1.165, 1.54) is 0 Å². The van der Waals surface area contributed by atoms with Gasteiger partial charge in [-0.1, -0.05) is 30.4 Å². The van der Waals surface area contributed by atoms with E-state index in [0.29, 0.717) is 15.8 Å². The third kappa shape index (κ3) is 2.87. The molecular formula is C19H19NO3S. The Bertz CT molecular complexity index is 999. The molecule has 0 saturated heterocycles. The maximum Gasteiger partial charge on any atom is 0.419 e. The Kier molecular flexibility index (Phi) is 4.05. The van der Waals surface area contributed by atoms with Crippen molar-refractivity contribution >= 4 is 40.1 Å². The van der Waals surface area contributed by atoms with E-state index < -0.39 is 11.7 Å². The lowest BCUT2D eigenvalue weighted by atomic mass is 10.1. The maximum absolute atomic E-state index is 12.8. The van der Waals surface area contributed by atoms with E-state index in [2.05, 4.69) is 0 Å². The van der Waals surface area contributed by atoms with Crippen LogP contribution in [0.2, 0.25) is 0 Å². The normalized spacial score (nSPS) is 11.7. The van der Waals surface area contributed by atoms with Crippen LogP contribution in [-0.2, 0) is 4.74 Å². The fourth-order valence-electron chi connectivity index (χ4n) is 2.66. The van der Waals surface area contributed by atoms with Gasteiger partial charge in [-0.15, -0.1) is 0 Å². The molecule has 1 aromatic heterocycles. The Morgan fingerprint density at radius 2 is 1.71 bits per heavy atom. The molecule has 0 spiro atoms. The summed E-state index contributed by atoms with van der Waals surface area (Å²) < 4.78 is 13.2. The zero-order chi connectivity index (χ0) is 17.5. The number of rotatable bonds is 1. The number of carbonyl (C=O) groups excluding carboxylic acids is 1. The Morgan fingerprint density at radius 3 is 2.38 bits per heavy atom. The average Bonchev–Trinajstić information content (AvgIpc) is 2.53. The summed E-state index contributed by atoms with van der Waals surface area (Å²) in [5.41, 5.74) is 0.847. The van der Waals surface area contributed by atoms with E-state index in [9.17, 15) is 4.79 Å². The summed E-state index contributed by atoms with van der Waals surface area (Å²) in [6, 6.07) is 13.1. The molecule has 124 valence electrons. The molecule has 1 heterocycles. The van der Waals surface area contributed by atoms with Crippen LogP contribution in [0, 0.1) is 4.51 Å². The molecule has 2 aromatic carbocycles. The fourth-order valence-corrected chi connectivity index (χ4v) is 2.99. The van der Waals surface area contributed by atoms with Crippen LogP contribution in [0.15, 0.2) is 42.5 Å². The standard InChI is InChI=1S/C19H19NO3S/c1-19(2,3)23-18(21)20-15-8-6-5-7-13(15)17(24)14-11-12(22-4)9-10-16(14)20/h5-11H,1-4H3. The first-order chi connectivity index (χ1) is 11.3.